The van der Waals surface area contributed by atoms with Gasteiger partial charge in [-0.25, -0.2) is 0 Å². The highest BCUT2D eigenvalue weighted by atomic mass is 16.5. The largest absolute Gasteiger partial charge is 0.497 e. The maximum Gasteiger partial charge on any atom is 0.121 e. The third-order valence-corrected chi connectivity index (χ3v) is 3.93. The van der Waals surface area contributed by atoms with Crippen molar-refractivity contribution < 1.29 is 4.74 Å². The molecule has 1 aliphatic rings. The minimum atomic E-state index is 0.781. The molecule has 2 heterocycles. The number of aromatic nitrogens is 2. The van der Waals surface area contributed by atoms with Crippen molar-refractivity contribution >= 4 is 16.6 Å². The van der Waals surface area contributed by atoms with Gasteiger partial charge in [0, 0.05) is 24.5 Å². The fourth-order valence-electron chi connectivity index (χ4n) is 2.70. The molecule has 5 heteroatoms. The Morgan fingerprint density at radius 2 is 2.25 bits per heavy atom. The molecular formula is C15H20N4O. The fraction of sp³-hybridized carbons (Fsp3) is 0.467. The summed E-state index contributed by atoms with van der Waals surface area (Å²) >= 11 is 0. The Bertz CT molecular complexity index is 595. The second-order valence-corrected chi connectivity index (χ2v) is 5.28. The maximum absolute atomic E-state index is 5.24. The smallest absolute Gasteiger partial charge is 0.121 e. The molecule has 1 aliphatic heterocycles. The van der Waals surface area contributed by atoms with E-state index in [1.807, 2.05) is 25.4 Å². The van der Waals surface area contributed by atoms with Gasteiger partial charge in [-0.3, -0.25) is 0 Å². The number of nitrogens with one attached hydrogen (secondary N) is 1. The van der Waals surface area contributed by atoms with Crippen molar-refractivity contribution in [3.05, 3.63) is 24.4 Å². The summed E-state index contributed by atoms with van der Waals surface area (Å²) < 4.78 is 5.24. The molecule has 1 aromatic carbocycles. The van der Waals surface area contributed by atoms with Crippen molar-refractivity contribution in [1.29, 1.82) is 0 Å². The summed E-state index contributed by atoms with van der Waals surface area (Å²) in [5.41, 5.74) is 2.07. The SMILES string of the molecule is CNCCC1CN(c2cnnc3cc(OC)ccc23)C1. The Labute approximate surface area is 118 Å². The molecule has 1 N–H and O–H groups in total. The number of hydrogen-bond acceptors (Lipinski definition) is 5. The Kier molecular flexibility index (Phi) is 3.69. The van der Waals surface area contributed by atoms with E-state index in [4.69, 9.17) is 4.74 Å². The van der Waals surface area contributed by atoms with Crippen LogP contribution >= 0.6 is 0 Å². The van der Waals surface area contributed by atoms with Gasteiger partial charge < -0.3 is 15.0 Å². The average Bonchev–Trinajstić information content (AvgIpc) is 2.45. The van der Waals surface area contributed by atoms with Crippen molar-refractivity contribution in [3.63, 3.8) is 0 Å². The van der Waals surface area contributed by atoms with Gasteiger partial charge in [0.1, 0.15) is 5.75 Å². The molecule has 0 spiro atoms. The van der Waals surface area contributed by atoms with Crippen LogP contribution in [-0.2, 0) is 0 Å². The summed E-state index contributed by atoms with van der Waals surface area (Å²) in [4.78, 5) is 2.38. The predicted molar refractivity (Wildman–Crippen MR) is 80.3 cm³/mol. The lowest BCUT2D eigenvalue weighted by Gasteiger charge is -2.41. The molecule has 20 heavy (non-hydrogen) atoms. The fourth-order valence-corrected chi connectivity index (χ4v) is 2.70. The number of benzene rings is 1. The topological polar surface area (TPSA) is 50.3 Å². The molecule has 1 aromatic heterocycles. The molecule has 0 radical (unpaired) electrons. The van der Waals surface area contributed by atoms with E-state index in [2.05, 4.69) is 26.5 Å². The van der Waals surface area contributed by atoms with Crippen LogP contribution in [-0.4, -0.2) is 44.0 Å². The monoisotopic (exact) mass is 272 g/mol. The Hall–Kier alpha value is -1.88. The van der Waals surface area contributed by atoms with E-state index in [1.54, 1.807) is 7.11 Å². The number of nitrogens with zero attached hydrogens (tertiary/aromatic N) is 3. The molecule has 0 unspecified atom stereocenters. The highest BCUT2D eigenvalue weighted by molar-refractivity contribution is 5.92. The molecule has 0 saturated carbocycles. The van der Waals surface area contributed by atoms with Crippen LogP contribution in [0.2, 0.25) is 0 Å². The molecule has 3 rings (SSSR count). The standard InChI is InChI=1S/C15H20N4O/c1-16-6-5-11-9-19(10-11)15-8-17-18-14-7-12(20-2)3-4-13(14)15/h3-4,7-8,11,16H,5-6,9-10H2,1-2H3. The van der Waals surface area contributed by atoms with Gasteiger partial charge in [0.2, 0.25) is 0 Å². The molecule has 2 aromatic rings. The molecule has 5 nitrogen and oxygen atoms in total. The van der Waals surface area contributed by atoms with E-state index in [0.717, 1.165) is 42.2 Å². The van der Waals surface area contributed by atoms with Crippen LogP contribution in [0.1, 0.15) is 6.42 Å². The van der Waals surface area contributed by atoms with Crippen LogP contribution in [0.3, 0.4) is 0 Å². The van der Waals surface area contributed by atoms with E-state index in [0.29, 0.717) is 0 Å². The van der Waals surface area contributed by atoms with E-state index < -0.39 is 0 Å². The highest BCUT2D eigenvalue weighted by Crippen LogP contribution is 2.32. The minimum Gasteiger partial charge on any atom is -0.497 e. The summed E-state index contributed by atoms with van der Waals surface area (Å²) in [6.45, 7) is 3.30. The van der Waals surface area contributed by atoms with Crippen molar-refractivity contribution in [3.8, 4) is 5.75 Å². The van der Waals surface area contributed by atoms with E-state index in [1.165, 1.54) is 12.1 Å². The third-order valence-electron chi connectivity index (χ3n) is 3.93. The van der Waals surface area contributed by atoms with Crippen LogP contribution in [0.25, 0.3) is 10.9 Å². The normalized spacial score (nSPS) is 15.4. The first-order valence-corrected chi connectivity index (χ1v) is 7.01. The Morgan fingerprint density at radius 1 is 1.40 bits per heavy atom. The summed E-state index contributed by atoms with van der Waals surface area (Å²) in [5, 5.41) is 12.7. The van der Waals surface area contributed by atoms with Crippen molar-refractivity contribution in [2.45, 2.75) is 6.42 Å². The molecule has 0 bridgehead atoms. The van der Waals surface area contributed by atoms with Gasteiger partial charge in [0.15, 0.2) is 0 Å². The molecular weight excluding hydrogens is 252 g/mol. The molecule has 0 atom stereocenters. The third kappa shape index (κ3) is 2.41. The first-order valence-electron chi connectivity index (χ1n) is 7.01. The summed E-state index contributed by atoms with van der Waals surface area (Å²) in [5.74, 6) is 1.60. The zero-order valence-corrected chi connectivity index (χ0v) is 12.0. The van der Waals surface area contributed by atoms with Gasteiger partial charge in [0.25, 0.3) is 0 Å². The molecule has 1 fully saturated rings. The lowest BCUT2D eigenvalue weighted by molar-refractivity contribution is 0.380. The molecule has 0 amide bonds. The van der Waals surface area contributed by atoms with Crippen LogP contribution < -0.4 is 15.0 Å². The van der Waals surface area contributed by atoms with Gasteiger partial charge in [-0.15, -0.1) is 0 Å². The van der Waals surface area contributed by atoms with E-state index in [-0.39, 0.29) is 0 Å². The number of ether oxygens (including phenoxy) is 1. The quantitative estimate of drug-likeness (QED) is 0.897. The lowest BCUT2D eigenvalue weighted by atomic mass is 9.95. The zero-order valence-electron chi connectivity index (χ0n) is 12.0. The average molecular weight is 272 g/mol. The molecule has 1 saturated heterocycles. The summed E-state index contributed by atoms with van der Waals surface area (Å²) in [7, 11) is 3.67. The van der Waals surface area contributed by atoms with Gasteiger partial charge in [0.05, 0.1) is 24.5 Å². The van der Waals surface area contributed by atoms with E-state index in [9.17, 15) is 0 Å². The van der Waals surface area contributed by atoms with Gasteiger partial charge in [-0.2, -0.15) is 10.2 Å². The second-order valence-electron chi connectivity index (χ2n) is 5.28. The maximum atomic E-state index is 5.24. The number of anilines is 1. The highest BCUT2D eigenvalue weighted by Gasteiger charge is 2.27. The summed E-state index contributed by atoms with van der Waals surface area (Å²) in [6, 6.07) is 5.98. The first-order chi connectivity index (χ1) is 9.81. The Morgan fingerprint density at radius 3 is 3.00 bits per heavy atom. The number of rotatable bonds is 5. The zero-order chi connectivity index (χ0) is 13.9. The van der Waals surface area contributed by atoms with Crippen LogP contribution in [0.4, 0.5) is 5.69 Å². The minimum absolute atomic E-state index is 0.781. The molecule has 0 aliphatic carbocycles. The predicted octanol–water partition coefficient (Wildman–Crippen LogP) is 1.68. The van der Waals surface area contributed by atoms with Crippen molar-refractivity contribution in [1.82, 2.24) is 15.5 Å². The van der Waals surface area contributed by atoms with Gasteiger partial charge in [-0.1, -0.05) is 0 Å². The van der Waals surface area contributed by atoms with Gasteiger partial charge >= 0.3 is 0 Å². The van der Waals surface area contributed by atoms with Gasteiger partial charge in [-0.05, 0) is 38.1 Å². The number of fused-ring (bicyclic) bond motifs is 1. The van der Waals surface area contributed by atoms with Crippen LogP contribution in [0.15, 0.2) is 24.4 Å². The van der Waals surface area contributed by atoms with Crippen molar-refractivity contribution in [2.24, 2.45) is 5.92 Å². The molecule has 106 valence electrons. The number of methoxy groups -OCH3 is 1. The van der Waals surface area contributed by atoms with Crippen LogP contribution in [0.5, 0.6) is 5.75 Å². The Balaban J connectivity index is 1.79. The number of hydrogen-bond donors (Lipinski definition) is 1. The summed E-state index contributed by atoms with van der Waals surface area (Å²) in [6.07, 6.45) is 3.10. The van der Waals surface area contributed by atoms with Crippen molar-refractivity contribution in [2.75, 3.05) is 38.7 Å². The lowest BCUT2D eigenvalue weighted by Crippen LogP contribution is -2.47. The van der Waals surface area contributed by atoms with Crippen LogP contribution in [0, 0.1) is 5.92 Å². The second kappa shape index (κ2) is 5.63. The van der Waals surface area contributed by atoms with E-state index >= 15 is 0 Å². The first kappa shape index (κ1) is 13.1.